The summed E-state index contributed by atoms with van der Waals surface area (Å²) in [5.41, 5.74) is 61.3. The van der Waals surface area contributed by atoms with Gasteiger partial charge in [-0.05, 0) is 296 Å². The average molecular weight is 1790 g/mol. The van der Waals surface area contributed by atoms with Gasteiger partial charge in [0.1, 0.15) is 44.7 Å². The van der Waals surface area contributed by atoms with Gasteiger partial charge in [0.25, 0.3) is 0 Å². The molecule has 0 bridgehead atoms. The van der Waals surface area contributed by atoms with E-state index in [1.54, 1.807) is 0 Å². The monoisotopic (exact) mass is 1780 g/mol. The maximum Gasteiger partial charge on any atom is 0.146 e. The fraction of sp³-hybridized carbons (Fsp3) is 0.0645. The molecule has 648 valence electrons. The molecule has 0 N–H and O–H groups in total. The van der Waals surface area contributed by atoms with Gasteiger partial charge in [-0.15, -0.1) is 0 Å². The Hall–Kier alpha value is -18.3. The Balaban J connectivity index is 0.0000000829. The van der Waals surface area contributed by atoms with Gasteiger partial charge >= 0.3 is 0 Å². The van der Waals surface area contributed by atoms with Crippen molar-refractivity contribution in [2.24, 2.45) is 0 Å². The smallest absolute Gasteiger partial charge is 0.146 e. The van der Waals surface area contributed by atoms with Crippen molar-refractivity contribution in [3.05, 3.63) is 431 Å². The number of fused-ring (bicyclic) bond motifs is 62. The quantitative estimate of drug-likeness (QED) is 0.132. The second kappa shape index (κ2) is 27.7. The minimum absolute atomic E-state index is 0.911. The van der Waals surface area contributed by atoms with Crippen LogP contribution in [-0.2, 0) is 51.4 Å². The highest BCUT2D eigenvalue weighted by molar-refractivity contribution is 6.25. The normalized spacial score (nSPS) is 13.5. The molecule has 140 heavy (non-hydrogen) atoms. The first-order chi connectivity index (χ1) is 69.4. The molecule has 16 heteroatoms. The van der Waals surface area contributed by atoms with E-state index >= 15 is 0 Å². The lowest BCUT2D eigenvalue weighted by atomic mass is 9.93. The number of nitrogens with zero attached hydrogens (tertiary/aromatic N) is 16. The van der Waals surface area contributed by atoms with Crippen molar-refractivity contribution < 1.29 is 0 Å². The van der Waals surface area contributed by atoms with E-state index in [0.717, 1.165) is 172 Å². The van der Waals surface area contributed by atoms with Gasteiger partial charge in [-0.3, -0.25) is 57.5 Å². The van der Waals surface area contributed by atoms with Crippen LogP contribution in [0.15, 0.2) is 342 Å². The van der Waals surface area contributed by atoms with Crippen LogP contribution in [0.4, 0.5) is 0 Å². The number of imidazole rings is 4. The van der Waals surface area contributed by atoms with Gasteiger partial charge in [0.15, 0.2) is 0 Å². The summed E-state index contributed by atoms with van der Waals surface area (Å²) in [5.74, 6) is 0. The lowest BCUT2D eigenvalue weighted by Gasteiger charge is -2.13. The molecule has 0 amide bonds. The van der Waals surface area contributed by atoms with Gasteiger partial charge in [-0.1, -0.05) is 176 Å². The summed E-state index contributed by atoms with van der Waals surface area (Å²) >= 11 is 0. The number of pyridine rings is 12. The van der Waals surface area contributed by atoms with Crippen molar-refractivity contribution in [3.8, 4) is 89.0 Å². The van der Waals surface area contributed by atoms with E-state index in [1.807, 2.05) is 123 Å². The first-order valence-electron chi connectivity index (χ1n) is 48.1. The van der Waals surface area contributed by atoms with E-state index in [-0.39, 0.29) is 0 Å². The fourth-order valence-electron chi connectivity index (χ4n) is 26.2. The van der Waals surface area contributed by atoms with Gasteiger partial charge in [-0.2, -0.15) is 0 Å². The molecule has 8 aliphatic carbocycles. The summed E-state index contributed by atoms with van der Waals surface area (Å²) in [6.07, 6.45) is 38.3. The van der Waals surface area contributed by atoms with Crippen molar-refractivity contribution in [2.75, 3.05) is 0 Å². The van der Waals surface area contributed by atoms with Crippen molar-refractivity contribution in [1.29, 1.82) is 0 Å². The molecule has 0 unspecified atom stereocenters. The molecular weight excluding hydrogens is 1710 g/mol. The topological polar surface area (TPSA) is 172 Å². The maximum atomic E-state index is 5.04. The zero-order chi connectivity index (χ0) is 90.7. The minimum Gasteiger partial charge on any atom is -0.291 e. The fourth-order valence-corrected chi connectivity index (χ4v) is 26.2. The molecule has 0 aliphatic heterocycles. The van der Waals surface area contributed by atoms with E-state index in [0.29, 0.717) is 0 Å². The van der Waals surface area contributed by atoms with Gasteiger partial charge < -0.3 is 0 Å². The molecule has 16 heterocycles. The first kappa shape index (κ1) is 75.1. The number of rotatable bonds is 0. The summed E-state index contributed by atoms with van der Waals surface area (Å²) in [6, 6.07) is 89.4. The van der Waals surface area contributed by atoms with Crippen LogP contribution in [0.5, 0.6) is 0 Å². The maximum absolute atomic E-state index is 5.04. The summed E-state index contributed by atoms with van der Waals surface area (Å²) in [6.45, 7) is 0. The van der Waals surface area contributed by atoms with Crippen LogP contribution in [0.1, 0.15) is 89.0 Å². The number of aromatic nitrogens is 16. The minimum atomic E-state index is 0.911. The molecule has 0 radical (unpaired) electrons. The third kappa shape index (κ3) is 10.2. The SMILES string of the molecule is c1ccc2c(c1)Cc1c-2ccc2c1Cc1ccc3c(c1-2)c1cnccc1n1c2ccncc2nc31.c1ccc2c(c1)Cc1cc3c(cc1-2)-c1c(ccc2c1c1cnccc1n1c4ccncc4nc21)C3.c1ccc2c(c1)Cc1cc3c(cc1-2)Cc1ccc2c(c1-3)c1cnccc1n1c3ccncc3nc21.c1ccc2c(c1)Cc1ccc3c(c1-2)Cc1ccc2c(c1-3)c1cnccc1n1c3ccncc3nc21. The number of hydrogen-bond acceptors (Lipinski definition) is 12. The predicted molar refractivity (Wildman–Crippen MR) is 559 cm³/mol. The van der Waals surface area contributed by atoms with Crippen LogP contribution in [-0.4, -0.2) is 77.4 Å². The van der Waals surface area contributed by atoms with Crippen LogP contribution < -0.4 is 0 Å². The van der Waals surface area contributed by atoms with Crippen molar-refractivity contribution in [2.45, 2.75) is 51.4 Å². The van der Waals surface area contributed by atoms with Gasteiger partial charge in [0, 0.05) is 139 Å². The third-order valence-corrected chi connectivity index (χ3v) is 32.0. The van der Waals surface area contributed by atoms with E-state index in [1.165, 1.54) is 210 Å². The van der Waals surface area contributed by atoms with Gasteiger partial charge in [0.05, 0.1) is 68.9 Å². The van der Waals surface area contributed by atoms with E-state index in [4.69, 9.17) is 19.9 Å². The second-order valence-electron chi connectivity index (χ2n) is 38.8. The lowest BCUT2D eigenvalue weighted by Crippen LogP contribution is -1.94. The van der Waals surface area contributed by atoms with Crippen LogP contribution >= 0.6 is 0 Å². The lowest BCUT2D eigenvalue weighted by molar-refractivity contribution is 1.16. The van der Waals surface area contributed by atoms with Crippen LogP contribution in [0.2, 0.25) is 0 Å². The first-order valence-corrected chi connectivity index (χ1v) is 48.1. The van der Waals surface area contributed by atoms with Crippen LogP contribution in [0, 0.1) is 0 Å². The molecule has 0 spiro atoms. The molecule has 8 aliphatic rings. The van der Waals surface area contributed by atoms with Crippen LogP contribution in [0.25, 0.3) is 242 Å². The summed E-state index contributed by atoms with van der Waals surface area (Å²) in [4.78, 5) is 55.7. The Kier molecular flexibility index (Phi) is 14.9. The predicted octanol–water partition coefficient (Wildman–Crippen LogP) is 26.9. The Labute approximate surface area is 796 Å². The van der Waals surface area contributed by atoms with E-state index in [2.05, 4.69) is 276 Å². The van der Waals surface area contributed by atoms with Crippen molar-refractivity contribution >= 4 is 153 Å². The third-order valence-electron chi connectivity index (χ3n) is 32.0. The van der Waals surface area contributed by atoms with Crippen molar-refractivity contribution in [1.82, 2.24) is 77.4 Å². The number of benzene rings is 12. The molecule has 0 saturated heterocycles. The highest BCUT2D eigenvalue weighted by Gasteiger charge is 2.37. The van der Waals surface area contributed by atoms with Gasteiger partial charge in [-0.25, -0.2) is 19.9 Å². The Morgan fingerprint density at radius 1 is 0.164 bits per heavy atom. The van der Waals surface area contributed by atoms with E-state index < -0.39 is 0 Å². The highest BCUT2D eigenvalue weighted by atomic mass is 15.1. The van der Waals surface area contributed by atoms with E-state index in [9.17, 15) is 0 Å². The standard InChI is InChI=1S/4C31H18N4/c1-2-4-20-17(3-1)13-18-5-7-21-23(28(18)20)14-19-6-8-22-30(29(19)21)24-15-32-11-9-26(24)35-27-10-12-33-16-25(27)34-31(22)35;1-2-4-21-17(3-1)11-19-14-24-20(13-23(19)21)12-18-5-6-22-30(29(18)24)25-15-32-9-7-27(25)35-28-8-10-33-16-26(28)34-31(22)35;1-2-4-21-17(3-1)11-19-13-20-12-18-5-6-22-30(29(18)24(20)14-23(19)21)25-15-32-9-7-27(25)35-28-8-10-33-16-26(28)34-31(22)35;1-2-4-19-17(3-1)13-23-20(19)7-8-21-24(23)14-18-5-6-22-30(29(18)21)25-15-32-11-9-27(25)35-28-10-12-33-16-26(28)34-31(22)35/h1-12,15-16H,13-14H2;2*1-10,13-16H,11-12H2;1-12,15-16H,13-14H2. The molecular formula is C124H72N16. The number of hydrogen-bond donors (Lipinski definition) is 0. The van der Waals surface area contributed by atoms with Crippen molar-refractivity contribution in [3.63, 3.8) is 0 Å². The molecule has 36 rings (SSSR count). The Bertz CT molecular complexity index is 10300. The molecule has 16 nitrogen and oxygen atoms in total. The summed E-state index contributed by atoms with van der Waals surface area (Å²) in [5, 5.41) is 14.3. The molecule has 28 aromatic rings. The Morgan fingerprint density at radius 3 is 0.886 bits per heavy atom. The second-order valence-corrected chi connectivity index (χ2v) is 38.8. The highest BCUT2D eigenvalue weighted by Crippen LogP contribution is 2.57. The zero-order valence-corrected chi connectivity index (χ0v) is 75.1. The Morgan fingerprint density at radius 2 is 0.436 bits per heavy atom. The summed E-state index contributed by atoms with van der Waals surface area (Å²) < 4.78 is 9.05. The van der Waals surface area contributed by atoms with Crippen LogP contribution in [0.3, 0.4) is 0 Å². The zero-order valence-electron chi connectivity index (χ0n) is 75.1. The summed E-state index contributed by atoms with van der Waals surface area (Å²) in [7, 11) is 0. The molecule has 0 saturated carbocycles. The molecule has 12 aromatic carbocycles. The van der Waals surface area contributed by atoms with Gasteiger partial charge in [0.2, 0.25) is 0 Å². The average Bonchev–Trinajstić information content (AvgIpc) is 1.51. The molecule has 0 atom stereocenters. The molecule has 16 aromatic heterocycles. The largest absolute Gasteiger partial charge is 0.291 e. The molecule has 0 fully saturated rings.